The van der Waals surface area contributed by atoms with Crippen molar-refractivity contribution < 1.29 is 9.90 Å². The van der Waals surface area contributed by atoms with E-state index in [1.54, 1.807) is 31.1 Å². The lowest BCUT2D eigenvalue weighted by Crippen LogP contribution is -2.37. The predicted molar refractivity (Wildman–Crippen MR) is 87.7 cm³/mol. The number of hydrogen-bond acceptors (Lipinski definition) is 4. The number of nitrogens with zero attached hydrogens (tertiary/aromatic N) is 2. The van der Waals surface area contributed by atoms with Crippen LogP contribution in [-0.4, -0.2) is 49.2 Å². The van der Waals surface area contributed by atoms with Gasteiger partial charge in [0.1, 0.15) is 0 Å². The maximum atomic E-state index is 12.1. The van der Waals surface area contributed by atoms with Gasteiger partial charge in [-0.05, 0) is 31.0 Å². The van der Waals surface area contributed by atoms with Crippen LogP contribution in [0.5, 0.6) is 0 Å². The minimum Gasteiger partial charge on any atom is -0.397 e. The van der Waals surface area contributed by atoms with Gasteiger partial charge in [0.05, 0.1) is 18.0 Å². The number of rotatable bonds is 7. The molecule has 0 saturated carbocycles. The van der Waals surface area contributed by atoms with Crippen molar-refractivity contribution in [3.8, 4) is 0 Å². The smallest absolute Gasteiger partial charge is 0.253 e. The third-order valence-electron chi connectivity index (χ3n) is 3.72. The molecule has 0 aliphatic rings. The van der Waals surface area contributed by atoms with E-state index in [0.717, 1.165) is 18.5 Å². The Hall–Kier alpha value is -1.75. The summed E-state index contributed by atoms with van der Waals surface area (Å²) in [4.78, 5) is 15.8. The number of nitrogens with two attached hydrogens (primary N) is 1. The fourth-order valence-corrected chi connectivity index (χ4v) is 2.52. The topological polar surface area (TPSA) is 69.8 Å². The Kier molecular flexibility index (Phi) is 6.49. The van der Waals surface area contributed by atoms with Gasteiger partial charge in [-0.15, -0.1) is 0 Å². The Labute approximate surface area is 127 Å². The van der Waals surface area contributed by atoms with E-state index < -0.39 is 0 Å². The number of nitrogen functional groups attached to an aromatic ring is 1. The predicted octanol–water partition coefficient (Wildman–Crippen LogP) is 1.96. The number of carbonyl (C=O) groups is 1. The van der Waals surface area contributed by atoms with Gasteiger partial charge >= 0.3 is 0 Å². The molecule has 5 nitrogen and oxygen atoms in total. The Morgan fingerprint density at radius 1 is 1.29 bits per heavy atom. The quantitative estimate of drug-likeness (QED) is 0.754. The average molecular weight is 293 g/mol. The molecule has 1 rings (SSSR count). The van der Waals surface area contributed by atoms with E-state index in [1.807, 2.05) is 6.07 Å². The molecule has 3 N–H and O–H groups in total. The van der Waals surface area contributed by atoms with Crippen molar-refractivity contribution >= 4 is 17.3 Å². The van der Waals surface area contributed by atoms with Gasteiger partial charge in [0.25, 0.3) is 5.91 Å². The van der Waals surface area contributed by atoms with Crippen LogP contribution in [0.3, 0.4) is 0 Å². The molecule has 5 heteroatoms. The molecule has 0 aliphatic carbocycles. The Balaban J connectivity index is 3.23. The fraction of sp³-hybridized carbons (Fsp3) is 0.562. The SMILES string of the molecule is CCC(CC)N(CCO)c1cc(C(=O)N(C)C)ccc1N. The van der Waals surface area contributed by atoms with E-state index in [0.29, 0.717) is 23.8 Å². The second-order valence-electron chi connectivity index (χ2n) is 5.36. The van der Waals surface area contributed by atoms with Crippen LogP contribution < -0.4 is 10.6 Å². The van der Waals surface area contributed by atoms with Crippen molar-refractivity contribution in [3.05, 3.63) is 23.8 Å². The summed E-state index contributed by atoms with van der Waals surface area (Å²) in [5.74, 6) is -0.0512. The molecule has 0 heterocycles. The van der Waals surface area contributed by atoms with Crippen LogP contribution >= 0.6 is 0 Å². The van der Waals surface area contributed by atoms with E-state index in [-0.39, 0.29) is 12.5 Å². The molecule has 21 heavy (non-hydrogen) atoms. The number of carbonyl (C=O) groups excluding carboxylic acids is 1. The zero-order valence-corrected chi connectivity index (χ0v) is 13.5. The summed E-state index contributed by atoms with van der Waals surface area (Å²) in [5, 5.41) is 9.34. The van der Waals surface area contributed by atoms with E-state index in [2.05, 4.69) is 18.7 Å². The van der Waals surface area contributed by atoms with E-state index in [9.17, 15) is 9.90 Å². The maximum absolute atomic E-state index is 12.1. The van der Waals surface area contributed by atoms with Crippen LogP contribution in [0.2, 0.25) is 0 Å². The molecule has 1 amide bonds. The van der Waals surface area contributed by atoms with Gasteiger partial charge in [-0.1, -0.05) is 13.8 Å². The number of amides is 1. The standard InChI is InChI=1S/C16H27N3O2/c1-5-13(6-2)19(9-10-20)15-11-12(7-8-14(15)17)16(21)18(3)4/h7-8,11,13,20H,5-6,9-10,17H2,1-4H3. The van der Waals surface area contributed by atoms with Crippen molar-refractivity contribution in [1.82, 2.24) is 4.90 Å². The molecule has 0 aliphatic heterocycles. The number of benzene rings is 1. The molecule has 1 aromatic carbocycles. The lowest BCUT2D eigenvalue weighted by molar-refractivity contribution is 0.0827. The third-order valence-corrected chi connectivity index (χ3v) is 3.72. The number of aliphatic hydroxyl groups is 1. The second kappa shape index (κ2) is 7.88. The van der Waals surface area contributed by atoms with Crippen LogP contribution in [0.25, 0.3) is 0 Å². The van der Waals surface area contributed by atoms with Crippen LogP contribution in [-0.2, 0) is 0 Å². The van der Waals surface area contributed by atoms with Gasteiger partial charge in [0, 0.05) is 32.2 Å². The van der Waals surface area contributed by atoms with E-state index in [1.165, 1.54) is 0 Å². The van der Waals surface area contributed by atoms with Crippen LogP contribution in [0.1, 0.15) is 37.0 Å². The van der Waals surface area contributed by atoms with Gasteiger partial charge in [-0.3, -0.25) is 4.79 Å². The Bertz CT molecular complexity index is 471. The van der Waals surface area contributed by atoms with Crippen molar-refractivity contribution in [3.63, 3.8) is 0 Å². The highest BCUT2D eigenvalue weighted by Crippen LogP contribution is 2.28. The molecule has 118 valence electrons. The Morgan fingerprint density at radius 2 is 1.90 bits per heavy atom. The number of aliphatic hydroxyl groups excluding tert-OH is 1. The summed E-state index contributed by atoms with van der Waals surface area (Å²) in [6.45, 7) is 4.80. The summed E-state index contributed by atoms with van der Waals surface area (Å²) < 4.78 is 0. The van der Waals surface area contributed by atoms with Crippen LogP contribution in [0.15, 0.2) is 18.2 Å². The monoisotopic (exact) mass is 293 g/mol. The molecular weight excluding hydrogens is 266 g/mol. The molecule has 1 aromatic rings. The minimum atomic E-state index is -0.0512. The lowest BCUT2D eigenvalue weighted by atomic mass is 10.1. The molecule has 0 unspecified atom stereocenters. The second-order valence-corrected chi connectivity index (χ2v) is 5.36. The lowest BCUT2D eigenvalue weighted by Gasteiger charge is -2.33. The van der Waals surface area contributed by atoms with Gasteiger partial charge in [-0.25, -0.2) is 0 Å². The first-order chi connectivity index (χ1) is 9.96. The molecule has 0 fully saturated rings. The van der Waals surface area contributed by atoms with Crippen LogP contribution in [0.4, 0.5) is 11.4 Å². The van der Waals surface area contributed by atoms with Crippen molar-refractivity contribution in [2.75, 3.05) is 37.9 Å². The first-order valence-electron chi connectivity index (χ1n) is 7.44. The summed E-state index contributed by atoms with van der Waals surface area (Å²) in [7, 11) is 3.45. The van der Waals surface area contributed by atoms with Gasteiger partial charge in [0.15, 0.2) is 0 Å². The van der Waals surface area contributed by atoms with E-state index >= 15 is 0 Å². The van der Waals surface area contributed by atoms with Gasteiger partial charge < -0.3 is 20.6 Å². The molecule has 0 saturated heterocycles. The van der Waals surface area contributed by atoms with Crippen molar-refractivity contribution in [2.24, 2.45) is 0 Å². The highest BCUT2D eigenvalue weighted by Gasteiger charge is 2.19. The van der Waals surface area contributed by atoms with Crippen molar-refractivity contribution in [1.29, 1.82) is 0 Å². The highest BCUT2D eigenvalue weighted by molar-refractivity contribution is 5.96. The zero-order valence-electron chi connectivity index (χ0n) is 13.5. The molecule has 0 bridgehead atoms. The van der Waals surface area contributed by atoms with E-state index in [4.69, 9.17) is 5.73 Å². The first kappa shape index (κ1) is 17.3. The Morgan fingerprint density at radius 3 is 2.38 bits per heavy atom. The van der Waals surface area contributed by atoms with Crippen LogP contribution in [0, 0.1) is 0 Å². The molecule has 0 aromatic heterocycles. The first-order valence-corrected chi connectivity index (χ1v) is 7.44. The fourth-order valence-electron chi connectivity index (χ4n) is 2.52. The zero-order chi connectivity index (χ0) is 16.0. The highest BCUT2D eigenvalue weighted by atomic mass is 16.3. The molecule has 0 spiro atoms. The maximum Gasteiger partial charge on any atom is 0.253 e. The summed E-state index contributed by atoms with van der Waals surface area (Å²) in [6, 6.07) is 5.62. The third kappa shape index (κ3) is 4.11. The van der Waals surface area contributed by atoms with Gasteiger partial charge in [0.2, 0.25) is 0 Å². The molecule has 0 radical (unpaired) electrons. The minimum absolute atomic E-state index is 0.0512. The summed E-state index contributed by atoms with van der Waals surface area (Å²) >= 11 is 0. The largest absolute Gasteiger partial charge is 0.397 e. The van der Waals surface area contributed by atoms with Gasteiger partial charge in [-0.2, -0.15) is 0 Å². The van der Waals surface area contributed by atoms with Crippen molar-refractivity contribution in [2.45, 2.75) is 32.7 Å². The average Bonchev–Trinajstić information content (AvgIpc) is 2.47. The molecular formula is C16H27N3O2. The number of hydrogen-bond donors (Lipinski definition) is 2. The molecule has 0 atom stereocenters. The normalized spacial score (nSPS) is 10.8. The summed E-state index contributed by atoms with van der Waals surface area (Å²) in [5.41, 5.74) is 8.16. The summed E-state index contributed by atoms with van der Waals surface area (Å²) in [6.07, 6.45) is 1.92. The number of anilines is 2.